The molecule has 9 atom stereocenters. The SMILES string of the molecule is CCC1CC(C2(C)C(C)C2(C)C2CC2CC(C)CCCCCC(C)C)C1(C)CC(C)C. The molecule has 0 aliphatic heterocycles. The second-order valence-corrected chi connectivity index (χ2v) is 14.3. The first-order chi connectivity index (χ1) is 14.4. The molecular weight excluding hydrogens is 372 g/mol. The smallest absolute Gasteiger partial charge is 0.0202 e. The Hall–Kier alpha value is 0. The summed E-state index contributed by atoms with van der Waals surface area (Å²) in [7, 11) is 0. The van der Waals surface area contributed by atoms with E-state index in [1.807, 2.05) is 0 Å². The summed E-state index contributed by atoms with van der Waals surface area (Å²) in [4.78, 5) is 0. The van der Waals surface area contributed by atoms with Crippen molar-refractivity contribution in [2.75, 3.05) is 0 Å². The van der Waals surface area contributed by atoms with E-state index in [1.165, 1.54) is 57.8 Å². The van der Waals surface area contributed by atoms with Gasteiger partial charge in [-0.3, -0.25) is 0 Å². The molecule has 0 radical (unpaired) electrons. The minimum Gasteiger partial charge on any atom is -0.0651 e. The van der Waals surface area contributed by atoms with E-state index in [0.29, 0.717) is 16.2 Å². The van der Waals surface area contributed by atoms with Gasteiger partial charge in [-0.05, 0) is 89.3 Å². The summed E-state index contributed by atoms with van der Waals surface area (Å²) in [6.07, 6.45) is 14.7. The maximum absolute atomic E-state index is 2.72. The van der Waals surface area contributed by atoms with Gasteiger partial charge in [-0.2, -0.15) is 0 Å². The highest BCUT2D eigenvalue weighted by Gasteiger charge is 2.80. The van der Waals surface area contributed by atoms with E-state index < -0.39 is 0 Å². The van der Waals surface area contributed by atoms with Crippen LogP contribution in [0.1, 0.15) is 133 Å². The summed E-state index contributed by atoms with van der Waals surface area (Å²) in [5.74, 6) is 7.59. The van der Waals surface area contributed by atoms with Gasteiger partial charge in [-0.25, -0.2) is 0 Å². The monoisotopic (exact) mass is 430 g/mol. The van der Waals surface area contributed by atoms with E-state index in [9.17, 15) is 0 Å². The Bertz CT molecular complexity index is 589. The molecule has 0 saturated heterocycles. The van der Waals surface area contributed by atoms with Crippen molar-refractivity contribution in [1.82, 2.24) is 0 Å². The van der Waals surface area contributed by atoms with Crippen molar-refractivity contribution in [3.05, 3.63) is 0 Å². The van der Waals surface area contributed by atoms with Crippen LogP contribution >= 0.6 is 0 Å². The molecule has 3 aliphatic carbocycles. The second kappa shape index (κ2) is 9.33. The molecule has 182 valence electrons. The number of rotatable bonds is 13. The van der Waals surface area contributed by atoms with Crippen LogP contribution < -0.4 is 0 Å². The van der Waals surface area contributed by atoms with Crippen molar-refractivity contribution in [2.24, 2.45) is 63.6 Å². The molecule has 3 saturated carbocycles. The highest BCUT2D eigenvalue weighted by molar-refractivity contribution is 5.27. The maximum atomic E-state index is 2.72. The van der Waals surface area contributed by atoms with E-state index in [0.717, 1.165) is 47.3 Å². The second-order valence-electron chi connectivity index (χ2n) is 14.3. The van der Waals surface area contributed by atoms with Gasteiger partial charge in [-0.15, -0.1) is 0 Å². The van der Waals surface area contributed by atoms with Crippen molar-refractivity contribution in [3.63, 3.8) is 0 Å². The van der Waals surface area contributed by atoms with Crippen LogP contribution in [0.25, 0.3) is 0 Å². The van der Waals surface area contributed by atoms with Crippen molar-refractivity contribution < 1.29 is 0 Å². The van der Waals surface area contributed by atoms with Crippen LogP contribution in [0, 0.1) is 63.6 Å². The largest absolute Gasteiger partial charge is 0.0651 e. The fourth-order valence-electron chi connectivity index (χ4n) is 9.32. The van der Waals surface area contributed by atoms with Gasteiger partial charge in [0.2, 0.25) is 0 Å². The van der Waals surface area contributed by atoms with Crippen LogP contribution in [0.2, 0.25) is 0 Å². The van der Waals surface area contributed by atoms with Crippen molar-refractivity contribution in [3.8, 4) is 0 Å². The first-order valence-corrected chi connectivity index (χ1v) is 14.4. The molecule has 0 amide bonds. The maximum Gasteiger partial charge on any atom is -0.0202 e. The van der Waals surface area contributed by atoms with Gasteiger partial charge in [0.25, 0.3) is 0 Å². The van der Waals surface area contributed by atoms with Crippen LogP contribution in [0.5, 0.6) is 0 Å². The summed E-state index contributed by atoms with van der Waals surface area (Å²) in [5.41, 5.74) is 1.81. The Kier molecular flexibility index (Phi) is 7.71. The minimum absolute atomic E-state index is 0.595. The lowest BCUT2D eigenvalue weighted by Crippen LogP contribution is -2.52. The number of hydrogen-bond donors (Lipinski definition) is 0. The van der Waals surface area contributed by atoms with Crippen molar-refractivity contribution in [2.45, 2.75) is 133 Å². The van der Waals surface area contributed by atoms with E-state index in [2.05, 4.69) is 69.2 Å². The van der Waals surface area contributed by atoms with Crippen LogP contribution in [0.15, 0.2) is 0 Å². The van der Waals surface area contributed by atoms with Gasteiger partial charge in [0.15, 0.2) is 0 Å². The zero-order chi connectivity index (χ0) is 23.2. The lowest BCUT2D eigenvalue weighted by Gasteiger charge is -2.59. The zero-order valence-corrected chi connectivity index (χ0v) is 23.2. The summed E-state index contributed by atoms with van der Waals surface area (Å²) in [5, 5.41) is 0. The molecule has 0 heterocycles. The first-order valence-electron chi connectivity index (χ1n) is 14.4. The number of hydrogen-bond acceptors (Lipinski definition) is 0. The predicted molar refractivity (Wildman–Crippen MR) is 138 cm³/mol. The molecular formula is C31H58. The molecule has 0 nitrogen and oxygen atoms in total. The summed E-state index contributed by atoms with van der Waals surface area (Å²) in [6.45, 7) is 25.4. The van der Waals surface area contributed by atoms with Crippen LogP contribution in [-0.4, -0.2) is 0 Å². The highest BCUT2D eigenvalue weighted by Crippen LogP contribution is 2.85. The van der Waals surface area contributed by atoms with Gasteiger partial charge in [0.1, 0.15) is 0 Å². The standard InChI is InChI=1S/C31H58/c1-11-26-19-28(29(26,8)20-22(4)5)31(10)24(7)30(31,9)27-18-25(27)17-23(6)16-14-12-13-15-21(2)3/h21-28H,11-20H2,1-10H3. The third-order valence-corrected chi connectivity index (χ3v) is 11.6. The molecule has 0 N–H and O–H groups in total. The van der Waals surface area contributed by atoms with E-state index >= 15 is 0 Å². The third kappa shape index (κ3) is 4.54. The normalized spacial score (nSPS) is 45.1. The molecule has 3 fully saturated rings. The Morgan fingerprint density at radius 3 is 2.03 bits per heavy atom. The number of unbranched alkanes of at least 4 members (excludes halogenated alkanes) is 2. The Balaban J connectivity index is 1.52. The fraction of sp³-hybridized carbons (Fsp3) is 1.00. The zero-order valence-electron chi connectivity index (χ0n) is 23.2. The molecule has 0 aromatic heterocycles. The van der Waals surface area contributed by atoms with Crippen LogP contribution in [0.4, 0.5) is 0 Å². The average Bonchev–Trinajstić information content (AvgIpc) is 3.52. The third-order valence-electron chi connectivity index (χ3n) is 11.6. The molecule has 0 heteroatoms. The molecule has 0 bridgehead atoms. The topological polar surface area (TPSA) is 0 Å². The molecule has 0 aromatic rings. The van der Waals surface area contributed by atoms with Gasteiger partial charge in [-0.1, -0.05) is 108 Å². The Morgan fingerprint density at radius 2 is 1.45 bits per heavy atom. The summed E-state index contributed by atoms with van der Waals surface area (Å²) >= 11 is 0. The van der Waals surface area contributed by atoms with Crippen molar-refractivity contribution >= 4 is 0 Å². The molecule has 0 spiro atoms. The van der Waals surface area contributed by atoms with Gasteiger partial charge in [0.05, 0.1) is 0 Å². The van der Waals surface area contributed by atoms with E-state index in [-0.39, 0.29) is 0 Å². The Morgan fingerprint density at radius 1 is 0.806 bits per heavy atom. The summed E-state index contributed by atoms with van der Waals surface area (Å²) < 4.78 is 0. The lowest BCUT2D eigenvalue weighted by atomic mass is 9.45. The minimum atomic E-state index is 0.595. The molecule has 3 aliphatic rings. The van der Waals surface area contributed by atoms with Crippen molar-refractivity contribution in [1.29, 1.82) is 0 Å². The first kappa shape index (κ1) is 25.6. The van der Waals surface area contributed by atoms with E-state index in [1.54, 1.807) is 6.42 Å². The van der Waals surface area contributed by atoms with Gasteiger partial charge >= 0.3 is 0 Å². The fourth-order valence-corrected chi connectivity index (χ4v) is 9.32. The molecule has 0 aromatic carbocycles. The van der Waals surface area contributed by atoms with Gasteiger partial charge < -0.3 is 0 Å². The predicted octanol–water partition coefficient (Wildman–Crippen LogP) is 10.0. The Labute approximate surface area is 197 Å². The molecule has 3 rings (SSSR count). The molecule has 9 unspecified atom stereocenters. The molecule has 31 heavy (non-hydrogen) atoms. The highest BCUT2D eigenvalue weighted by atomic mass is 14.8. The average molecular weight is 431 g/mol. The lowest BCUT2D eigenvalue weighted by molar-refractivity contribution is -0.106. The van der Waals surface area contributed by atoms with E-state index in [4.69, 9.17) is 0 Å². The quantitative estimate of drug-likeness (QED) is 0.255. The van der Waals surface area contributed by atoms with Gasteiger partial charge in [0, 0.05) is 0 Å². The summed E-state index contributed by atoms with van der Waals surface area (Å²) in [6, 6.07) is 0. The van der Waals surface area contributed by atoms with Crippen LogP contribution in [-0.2, 0) is 0 Å². The van der Waals surface area contributed by atoms with Crippen LogP contribution in [0.3, 0.4) is 0 Å².